The minimum atomic E-state index is -4.43. The van der Waals surface area contributed by atoms with Crippen molar-refractivity contribution >= 4 is 11.9 Å². The number of carbonyl (C=O) groups excluding carboxylic acids is 2. The van der Waals surface area contributed by atoms with Crippen molar-refractivity contribution in [3.05, 3.63) is 59.3 Å². The number of pyridine rings is 1. The number of amides is 3. The second-order valence-corrected chi connectivity index (χ2v) is 7.13. The molecule has 0 unspecified atom stereocenters. The summed E-state index contributed by atoms with van der Waals surface area (Å²) in [6.45, 7) is 0.310. The molecule has 0 spiro atoms. The first-order chi connectivity index (χ1) is 14.8. The van der Waals surface area contributed by atoms with Gasteiger partial charge in [-0.25, -0.2) is 9.78 Å². The van der Waals surface area contributed by atoms with Crippen molar-refractivity contribution < 1.29 is 27.5 Å². The molecule has 31 heavy (non-hydrogen) atoms. The third-order valence-corrected chi connectivity index (χ3v) is 4.72. The molecule has 2 heterocycles. The first kappa shape index (κ1) is 22.4. The van der Waals surface area contributed by atoms with Gasteiger partial charge in [0.1, 0.15) is 0 Å². The van der Waals surface area contributed by atoms with Crippen LogP contribution in [0.5, 0.6) is 5.88 Å². The number of ether oxygens (including phenoxy) is 1. The van der Waals surface area contributed by atoms with E-state index in [2.05, 4.69) is 20.4 Å². The first-order valence-electron chi connectivity index (χ1n) is 9.81. The van der Waals surface area contributed by atoms with Gasteiger partial charge in [0.2, 0.25) is 11.8 Å². The van der Waals surface area contributed by atoms with Gasteiger partial charge in [0.25, 0.3) is 0 Å². The van der Waals surface area contributed by atoms with Gasteiger partial charge in [0, 0.05) is 44.9 Å². The largest absolute Gasteiger partial charge is 0.468 e. The molecular formula is C21H23F3N4O3. The zero-order valence-corrected chi connectivity index (χ0v) is 16.7. The Hall–Kier alpha value is -3.30. The van der Waals surface area contributed by atoms with E-state index < -0.39 is 18.8 Å². The highest BCUT2D eigenvalue weighted by atomic mass is 19.4. The lowest BCUT2D eigenvalue weighted by molar-refractivity contribution is -0.154. The highest BCUT2D eigenvalue weighted by molar-refractivity contribution is 5.78. The number of nitrogens with one attached hydrogen (secondary N) is 2. The fourth-order valence-electron chi connectivity index (χ4n) is 3.14. The Kier molecular flexibility index (Phi) is 7.32. The van der Waals surface area contributed by atoms with Crippen LogP contribution >= 0.6 is 0 Å². The van der Waals surface area contributed by atoms with Crippen LogP contribution in [0, 0.1) is 0 Å². The van der Waals surface area contributed by atoms with E-state index in [-0.39, 0.29) is 18.3 Å². The van der Waals surface area contributed by atoms with Crippen molar-refractivity contribution in [2.75, 3.05) is 13.2 Å². The van der Waals surface area contributed by atoms with E-state index in [1.54, 1.807) is 0 Å². The fraction of sp³-hybridized carbons (Fsp3) is 0.381. The number of urea groups is 1. The van der Waals surface area contributed by atoms with Crippen LogP contribution in [0.3, 0.4) is 0 Å². The van der Waals surface area contributed by atoms with Gasteiger partial charge < -0.3 is 20.3 Å². The minimum absolute atomic E-state index is 0.140. The Balaban J connectivity index is 1.45. The van der Waals surface area contributed by atoms with Crippen LogP contribution in [-0.4, -0.2) is 41.2 Å². The number of aromatic nitrogens is 1. The maximum atomic E-state index is 12.1. The highest BCUT2D eigenvalue weighted by Crippen LogP contribution is 2.18. The lowest BCUT2D eigenvalue weighted by Crippen LogP contribution is -2.35. The summed E-state index contributed by atoms with van der Waals surface area (Å²) in [5.74, 6) is 0.00237. The fourth-order valence-corrected chi connectivity index (χ4v) is 3.14. The Bertz CT molecular complexity index is 903. The number of carbonyl (C=O) groups is 2. The molecule has 0 radical (unpaired) electrons. The summed E-state index contributed by atoms with van der Waals surface area (Å²) in [5.41, 5.74) is 2.52. The van der Waals surface area contributed by atoms with Crippen molar-refractivity contribution in [3.8, 4) is 5.88 Å². The summed E-state index contributed by atoms with van der Waals surface area (Å²) < 4.78 is 41.0. The Labute approximate surface area is 177 Å². The van der Waals surface area contributed by atoms with Crippen LogP contribution in [0.4, 0.5) is 18.0 Å². The van der Waals surface area contributed by atoms with Gasteiger partial charge >= 0.3 is 12.2 Å². The second kappa shape index (κ2) is 10.1. The van der Waals surface area contributed by atoms with Gasteiger partial charge in [-0.15, -0.1) is 0 Å². The predicted octanol–water partition coefficient (Wildman–Crippen LogP) is 3.14. The molecule has 1 aliphatic heterocycles. The molecule has 1 aromatic carbocycles. The van der Waals surface area contributed by atoms with E-state index in [1.165, 1.54) is 18.3 Å². The van der Waals surface area contributed by atoms with Crippen LogP contribution in [0.1, 0.15) is 29.5 Å². The maximum Gasteiger partial charge on any atom is 0.422 e. The Morgan fingerprint density at radius 2 is 1.84 bits per heavy atom. The number of alkyl halides is 3. The van der Waals surface area contributed by atoms with Crippen LogP contribution < -0.4 is 15.4 Å². The summed E-state index contributed by atoms with van der Waals surface area (Å²) >= 11 is 0. The number of hydrogen-bond donors (Lipinski definition) is 2. The van der Waals surface area contributed by atoms with Crippen molar-refractivity contribution in [1.82, 2.24) is 20.5 Å². The van der Waals surface area contributed by atoms with Crippen LogP contribution in [0.25, 0.3) is 0 Å². The van der Waals surface area contributed by atoms with Gasteiger partial charge in [0.05, 0.1) is 0 Å². The molecule has 3 amide bonds. The van der Waals surface area contributed by atoms with Crippen LogP contribution in [-0.2, 0) is 24.4 Å². The molecule has 10 heteroatoms. The van der Waals surface area contributed by atoms with E-state index in [0.29, 0.717) is 25.1 Å². The summed E-state index contributed by atoms with van der Waals surface area (Å²) in [5, 5.41) is 5.44. The third kappa shape index (κ3) is 7.16. The molecule has 2 aromatic rings. The summed E-state index contributed by atoms with van der Waals surface area (Å²) in [6, 6.07) is 10.1. The molecule has 0 aliphatic carbocycles. The van der Waals surface area contributed by atoms with Gasteiger partial charge in [-0.2, -0.15) is 13.2 Å². The van der Waals surface area contributed by atoms with Gasteiger partial charge in [-0.05, 0) is 23.1 Å². The molecule has 0 saturated carbocycles. The summed E-state index contributed by atoms with van der Waals surface area (Å²) in [7, 11) is 0. The molecule has 1 aliphatic rings. The van der Waals surface area contributed by atoms with Gasteiger partial charge in [-0.1, -0.05) is 30.3 Å². The highest BCUT2D eigenvalue weighted by Gasteiger charge is 2.28. The second-order valence-electron chi connectivity index (χ2n) is 7.13. The standard InChI is InChI=1S/C21H23F3N4O3/c22-21(23,24)14-31-18-8-7-15(10-25-18)11-26-20(30)27-12-16-4-1-2-5-17(16)13-28-9-3-6-19(28)29/h1-2,4-5,7-8,10H,3,6,9,11-14H2,(H2,26,27,30). The monoisotopic (exact) mass is 436 g/mol. The summed E-state index contributed by atoms with van der Waals surface area (Å²) in [6.07, 6.45) is -1.64. The lowest BCUT2D eigenvalue weighted by atomic mass is 10.1. The number of hydrogen-bond acceptors (Lipinski definition) is 4. The normalized spacial score (nSPS) is 13.9. The topological polar surface area (TPSA) is 83.6 Å². The molecule has 3 rings (SSSR count). The molecule has 7 nitrogen and oxygen atoms in total. The molecule has 2 N–H and O–H groups in total. The molecule has 1 saturated heterocycles. The van der Waals surface area contributed by atoms with Gasteiger partial charge in [-0.3, -0.25) is 4.79 Å². The molecular weight excluding hydrogens is 413 g/mol. The van der Waals surface area contributed by atoms with E-state index in [4.69, 9.17) is 0 Å². The number of likely N-dealkylation sites (tertiary alicyclic amines) is 1. The quantitative estimate of drug-likeness (QED) is 0.666. The zero-order chi connectivity index (χ0) is 22.3. The smallest absolute Gasteiger partial charge is 0.422 e. The third-order valence-electron chi connectivity index (χ3n) is 4.72. The molecule has 0 atom stereocenters. The number of nitrogens with zero attached hydrogens (tertiary/aromatic N) is 2. The zero-order valence-electron chi connectivity index (χ0n) is 16.7. The Morgan fingerprint density at radius 3 is 2.48 bits per heavy atom. The molecule has 1 aromatic heterocycles. The van der Waals surface area contributed by atoms with E-state index in [0.717, 1.165) is 24.1 Å². The number of benzene rings is 1. The van der Waals surface area contributed by atoms with Crippen molar-refractivity contribution in [2.24, 2.45) is 0 Å². The first-order valence-corrected chi connectivity index (χ1v) is 9.81. The summed E-state index contributed by atoms with van der Waals surface area (Å²) in [4.78, 5) is 29.6. The van der Waals surface area contributed by atoms with Crippen molar-refractivity contribution in [2.45, 2.75) is 38.7 Å². The maximum absolute atomic E-state index is 12.1. The Morgan fingerprint density at radius 1 is 1.10 bits per heavy atom. The van der Waals surface area contributed by atoms with Gasteiger partial charge in [0.15, 0.2) is 6.61 Å². The predicted molar refractivity (Wildman–Crippen MR) is 106 cm³/mol. The average Bonchev–Trinajstić information content (AvgIpc) is 3.14. The number of halogens is 3. The molecule has 166 valence electrons. The molecule has 0 bridgehead atoms. The number of rotatable bonds is 8. The SMILES string of the molecule is O=C(NCc1ccc(OCC(F)(F)F)nc1)NCc1ccccc1CN1CCCC1=O. The van der Waals surface area contributed by atoms with Crippen LogP contribution in [0.2, 0.25) is 0 Å². The van der Waals surface area contributed by atoms with E-state index in [1.807, 2.05) is 29.2 Å². The van der Waals surface area contributed by atoms with E-state index >= 15 is 0 Å². The van der Waals surface area contributed by atoms with Crippen LogP contribution in [0.15, 0.2) is 42.6 Å². The van der Waals surface area contributed by atoms with Crippen molar-refractivity contribution in [1.29, 1.82) is 0 Å². The van der Waals surface area contributed by atoms with Crippen molar-refractivity contribution in [3.63, 3.8) is 0 Å². The lowest BCUT2D eigenvalue weighted by Gasteiger charge is -2.18. The minimum Gasteiger partial charge on any atom is -0.468 e. The average molecular weight is 436 g/mol. The van der Waals surface area contributed by atoms with E-state index in [9.17, 15) is 22.8 Å². The molecule has 1 fully saturated rings.